The molecule has 0 amide bonds. The summed E-state index contributed by atoms with van der Waals surface area (Å²) in [4.78, 5) is 41.3. The van der Waals surface area contributed by atoms with Crippen LogP contribution in [0, 0.1) is 0 Å². The van der Waals surface area contributed by atoms with Gasteiger partial charge in [-0.15, -0.1) is 5.11 Å². The van der Waals surface area contributed by atoms with Crippen molar-refractivity contribution in [2.75, 3.05) is 24.7 Å². The van der Waals surface area contributed by atoms with E-state index < -0.39 is 80.9 Å². The van der Waals surface area contributed by atoms with Gasteiger partial charge in [-0.1, -0.05) is 0 Å². The number of imidazole rings is 1. The first-order valence-electron chi connectivity index (χ1n) is 12.2. The van der Waals surface area contributed by atoms with Crippen molar-refractivity contribution in [3.8, 4) is 0 Å². The maximum atomic E-state index is 13.5. The van der Waals surface area contributed by atoms with Crippen molar-refractivity contribution in [2.24, 2.45) is 10.2 Å². The van der Waals surface area contributed by atoms with Gasteiger partial charge in [-0.2, -0.15) is 10.1 Å². The molecular formula is C20H25N10O10P. The molecule has 10 N–H and O–H groups in total. The van der Waals surface area contributed by atoms with Gasteiger partial charge in [0.25, 0.3) is 5.56 Å². The second-order valence-corrected chi connectivity index (χ2v) is 11.6. The van der Waals surface area contributed by atoms with Crippen molar-refractivity contribution in [3.05, 3.63) is 28.7 Å². The van der Waals surface area contributed by atoms with Crippen molar-refractivity contribution in [3.63, 3.8) is 0 Å². The number of rotatable bonds is 7. The highest BCUT2D eigenvalue weighted by Crippen LogP contribution is 2.57. The van der Waals surface area contributed by atoms with Crippen LogP contribution < -0.4 is 17.0 Å². The summed E-state index contributed by atoms with van der Waals surface area (Å²) < 4.78 is 31.4. The molecule has 3 aromatic rings. The maximum Gasteiger partial charge on any atom is 0.338 e. The van der Waals surface area contributed by atoms with Crippen molar-refractivity contribution in [1.82, 2.24) is 29.5 Å². The SMILES string of the molecule is Nc1nc2c(ncn2[C@@H]2O[C@H](CO)[C@@H](O)[C@H]2P(=O)(O)OC[C@H]2O[C@@H](C3N=Nc4c(N)ncnc43)[C@H](O)[C@@H]2O)c(=O)[nH]1. The van der Waals surface area contributed by atoms with Crippen LogP contribution in [0.5, 0.6) is 0 Å². The van der Waals surface area contributed by atoms with Crippen molar-refractivity contribution in [1.29, 1.82) is 0 Å². The lowest BCUT2D eigenvalue weighted by Crippen LogP contribution is -2.37. The molecule has 3 aliphatic rings. The minimum atomic E-state index is -4.88. The first-order chi connectivity index (χ1) is 19.5. The van der Waals surface area contributed by atoms with Crippen LogP contribution in [0.25, 0.3) is 11.2 Å². The third-order valence-corrected chi connectivity index (χ3v) is 9.03. The summed E-state index contributed by atoms with van der Waals surface area (Å²) >= 11 is 0. The Morgan fingerprint density at radius 1 is 1.10 bits per heavy atom. The van der Waals surface area contributed by atoms with Crippen LogP contribution in [0.2, 0.25) is 0 Å². The highest BCUT2D eigenvalue weighted by Gasteiger charge is 2.56. The molecule has 10 atom stereocenters. The molecule has 2 fully saturated rings. The molecule has 0 bridgehead atoms. The molecule has 20 nitrogen and oxygen atoms in total. The number of nitrogens with one attached hydrogen (secondary N) is 1. The molecule has 220 valence electrons. The summed E-state index contributed by atoms with van der Waals surface area (Å²) in [5.41, 5.74) is 9.24. The number of anilines is 2. The number of nitrogen functional groups attached to an aromatic ring is 2. The first kappa shape index (κ1) is 27.7. The fourth-order valence-corrected chi connectivity index (χ4v) is 6.80. The highest BCUT2D eigenvalue weighted by atomic mass is 31.2. The monoisotopic (exact) mass is 596 g/mol. The molecule has 0 aromatic carbocycles. The van der Waals surface area contributed by atoms with Crippen molar-refractivity contribution >= 4 is 36.2 Å². The number of aromatic nitrogens is 6. The van der Waals surface area contributed by atoms with Gasteiger partial charge in [-0.05, 0) is 0 Å². The third kappa shape index (κ3) is 4.49. The summed E-state index contributed by atoms with van der Waals surface area (Å²) in [5.74, 6) is -0.197. The van der Waals surface area contributed by atoms with Gasteiger partial charge in [0.2, 0.25) is 5.95 Å². The van der Waals surface area contributed by atoms with E-state index >= 15 is 0 Å². The number of nitrogens with zero attached hydrogens (tertiary/aromatic N) is 7. The van der Waals surface area contributed by atoms with Gasteiger partial charge in [-0.25, -0.2) is 15.0 Å². The normalized spacial score (nSPS) is 34.3. The van der Waals surface area contributed by atoms with Crippen LogP contribution in [0.15, 0.2) is 27.7 Å². The average Bonchev–Trinajstić information content (AvgIpc) is 3.68. The smallest absolute Gasteiger partial charge is 0.338 e. The first-order valence-corrected chi connectivity index (χ1v) is 13.8. The molecule has 0 radical (unpaired) electrons. The lowest BCUT2D eigenvalue weighted by molar-refractivity contribution is -0.0435. The number of H-pyrrole nitrogens is 1. The van der Waals surface area contributed by atoms with E-state index in [1.165, 1.54) is 6.33 Å². The van der Waals surface area contributed by atoms with Crippen LogP contribution in [-0.2, 0) is 18.6 Å². The molecule has 3 aliphatic heterocycles. The van der Waals surface area contributed by atoms with E-state index in [-0.39, 0.29) is 34.3 Å². The van der Waals surface area contributed by atoms with E-state index in [4.69, 9.17) is 25.5 Å². The molecule has 0 saturated carbocycles. The summed E-state index contributed by atoms with van der Waals surface area (Å²) in [7, 11) is -4.88. The van der Waals surface area contributed by atoms with Crippen LogP contribution in [-0.4, -0.2) is 110 Å². The van der Waals surface area contributed by atoms with Crippen LogP contribution in [0.3, 0.4) is 0 Å². The van der Waals surface area contributed by atoms with Crippen molar-refractivity contribution < 1.29 is 43.9 Å². The molecule has 6 rings (SSSR count). The number of fused-ring (bicyclic) bond motifs is 2. The van der Waals surface area contributed by atoms with Crippen LogP contribution in [0.1, 0.15) is 18.0 Å². The molecule has 41 heavy (non-hydrogen) atoms. The van der Waals surface area contributed by atoms with Crippen molar-refractivity contribution in [2.45, 2.75) is 54.6 Å². The number of aliphatic hydroxyl groups is 4. The molecular weight excluding hydrogens is 571 g/mol. The molecule has 3 aromatic heterocycles. The number of azo groups is 1. The van der Waals surface area contributed by atoms with E-state index in [0.717, 1.165) is 10.9 Å². The molecule has 2 saturated heterocycles. The Labute approximate surface area is 228 Å². The predicted molar refractivity (Wildman–Crippen MR) is 134 cm³/mol. The van der Waals surface area contributed by atoms with E-state index in [1.807, 2.05) is 0 Å². The molecule has 2 unspecified atom stereocenters. The Morgan fingerprint density at radius 2 is 1.88 bits per heavy atom. The van der Waals surface area contributed by atoms with Gasteiger partial charge in [0.1, 0.15) is 60.3 Å². The third-order valence-electron chi connectivity index (χ3n) is 7.19. The largest absolute Gasteiger partial charge is 0.394 e. The number of aliphatic hydroxyl groups excluding tert-OH is 4. The Hall–Kier alpha value is -3.46. The zero-order valence-corrected chi connectivity index (χ0v) is 21.7. The van der Waals surface area contributed by atoms with E-state index in [0.29, 0.717) is 0 Å². The molecule has 0 aliphatic carbocycles. The fraction of sp³-hybridized carbons (Fsp3) is 0.550. The topological polar surface area (TPSA) is 312 Å². The zero-order chi connectivity index (χ0) is 29.2. The van der Waals surface area contributed by atoms with Crippen LogP contribution in [0.4, 0.5) is 17.5 Å². The van der Waals surface area contributed by atoms with Gasteiger partial charge < -0.3 is 50.8 Å². The fourth-order valence-electron chi connectivity index (χ4n) is 5.16. The second-order valence-electron chi connectivity index (χ2n) is 9.64. The minimum absolute atomic E-state index is 0.0663. The Morgan fingerprint density at radius 3 is 2.63 bits per heavy atom. The zero-order valence-electron chi connectivity index (χ0n) is 20.8. The maximum absolute atomic E-state index is 13.5. The summed E-state index contributed by atoms with van der Waals surface area (Å²) in [6.45, 7) is -1.43. The summed E-state index contributed by atoms with van der Waals surface area (Å²) in [6.07, 6.45) is -7.77. The Kier molecular flexibility index (Phi) is 6.83. The van der Waals surface area contributed by atoms with Gasteiger partial charge in [-0.3, -0.25) is 18.9 Å². The standard InChI is InChI=1S/C20H25N10O10P/c21-16-9-7(23-3-24-16)8(28-29-9)14-13(34)11(32)6(39-14)2-38-41(36,37)15-12(33)5(1-31)40-19(15)30-4-25-10-17(30)26-20(22)27-18(10)35/h3-6,8,11-15,19,31-34H,1-2H2,(H,36,37)(H2,21,23,24)(H3,22,26,27,35)/t5-,6-,8?,11-,12-,13-,14+,15-,19-/m1/s1. The Balaban J connectivity index is 1.23. The number of nitrogens with two attached hydrogens (primary N) is 2. The quantitative estimate of drug-likeness (QED) is 0.128. The second kappa shape index (κ2) is 10.1. The number of ether oxygens (including phenoxy) is 2. The lowest BCUT2D eigenvalue weighted by Gasteiger charge is -2.27. The van der Waals surface area contributed by atoms with Crippen LogP contribution >= 0.6 is 7.60 Å². The van der Waals surface area contributed by atoms with E-state index in [2.05, 4.69) is 35.1 Å². The number of aromatic amines is 1. The molecule has 0 spiro atoms. The molecule has 6 heterocycles. The molecule has 21 heteroatoms. The van der Waals surface area contributed by atoms with Gasteiger partial charge in [0.05, 0.1) is 19.5 Å². The van der Waals surface area contributed by atoms with Gasteiger partial charge in [0.15, 0.2) is 28.9 Å². The summed E-state index contributed by atoms with van der Waals surface area (Å²) in [6, 6.07) is -0.941. The number of hydrogen-bond donors (Lipinski definition) is 8. The highest BCUT2D eigenvalue weighted by molar-refractivity contribution is 7.53. The number of hydrogen-bond acceptors (Lipinski definition) is 17. The average molecular weight is 596 g/mol. The summed E-state index contributed by atoms with van der Waals surface area (Å²) in [5, 5.41) is 49.7. The van der Waals surface area contributed by atoms with Gasteiger partial charge >= 0.3 is 7.60 Å². The van der Waals surface area contributed by atoms with E-state index in [9.17, 15) is 34.7 Å². The lowest BCUT2D eigenvalue weighted by atomic mass is 10.00. The predicted octanol–water partition coefficient (Wildman–Crippen LogP) is -2.78. The van der Waals surface area contributed by atoms with E-state index in [1.54, 1.807) is 0 Å². The minimum Gasteiger partial charge on any atom is -0.394 e. The van der Waals surface area contributed by atoms with Gasteiger partial charge in [0, 0.05) is 0 Å². The Bertz CT molecular complexity index is 1620.